The molecule has 0 saturated heterocycles. The van der Waals surface area contributed by atoms with E-state index in [0.717, 1.165) is 6.29 Å². The van der Waals surface area contributed by atoms with Crippen LogP contribution < -0.4 is 11.0 Å². The topological polar surface area (TPSA) is 74.8 Å². The average Bonchev–Trinajstić information content (AvgIpc) is 2.33. The van der Waals surface area contributed by atoms with Gasteiger partial charge in [0, 0.05) is 16.9 Å². The predicted octanol–water partition coefficient (Wildman–Crippen LogP) is 1.63. The SMILES string of the molecule is Cc1[nH]c(=O)ncc1Nc1ccccc1C=O. The Labute approximate surface area is 97.5 Å². The second kappa shape index (κ2) is 4.61. The summed E-state index contributed by atoms with van der Waals surface area (Å²) in [7, 11) is 0. The van der Waals surface area contributed by atoms with Gasteiger partial charge in [-0.3, -0.25) is 4.79 Å². The summed E-state index contributed by atoms with van der Waals surface area (Å²) in [6.45, 7) is 1.76. The third kappa shape index (κ3) is 2.39. The first-order valence-corrected chi connectivity index (χ1v) is 5.08. The molecule has 1 aromatic heterocycles. The first-order valence-electron chi connectivity index (χ1n) is 5.08. The van der Waals surface area contributed by atoms with Gasteiger partial charge in [-0.15, -0.1) is 0 Å². The fraction of sp³-hybridized carbons (Fsp3) is 0.0833. The lowest BCUT2D eigenvalue weighted by Gasteiger charge is -2.09. The van der Waals surface area contributed by atoms with Crippen molar-refractivity contribution in [3.63, 3.8) is 0 Å². The van der Waals surface area contributed by atoms with Crippen molar-refractivity contribution in [1.29, 1.82) is 0 Å². The zero-order chi connectivity index (χ0) is 12.3. The van der Waals surface area contributed by atoms with E-state index in [4.69, 9.17) is 0 Å². The molecule has 1 aromatic carbocycles. The van der Waals surface area contributed by atoms with Crippen LogP contribution in [0, 0.1) is 6.92 Å². The van der Waals surface area contributed by atoms with E-state index < -0.39 is 5.69 Å². The Morgan fingerprint density at radius 3 is 2.76 bits per heavy atom. The lowest BCUT2D eigenvalue weighted by Crippen LogP contribution is -2.12. The predicted molar refractivity (Wildman–Crippen MR) is 64.7 cm³/mol. The molecule has 0 fully saturated rings. The molecule has 2 aromatic rings. The largest absolute Gasteiger partial charge is 0.352 e. The Bertz CT molecular complexity index is 605. The molecule has 2 N–H and O–H groups in total. The minimum Gasteiger partial charge on any atom is -0.352 e. The quantitative estimate of drug-likeness (QED) is 0.784. The van der Waals surface area contributed by atoms with E-state index in [1.807, 2.05) is 6.07 Å². The second-order valence-electron chi connectivity index (χ2n) is 3.56. The first-order chi connectivity index (χ1) is 8.20. The Morgan fingerprint density at radius 2 is 2.06 bits per heavy atom. The number of carbonyl (C=O) groups is 1. The zero-order valence-corrected chi connectivity index (χ0v) is 9.23. The van der Waals surface area contributed by atoms with Crippen LogP contribution in [-0.2, 0) is 0 Å². The number of benzene rings is 1. The summed E-state index contributed by atoms with van der Waals surface area (Å²) in [5, 5.41) is 3.06. The van der Waals surface area contributed by atoms with E-state index in [1.54, 1.807) is 25.1 Å². The molecule has 5 heteroatoms. The summed E-state index contributed by atoms with van der Waals surface area (Å²) in [5.74, 6) is 0. The summed E-state index contributed by atoms with van der Waals surface area (Å²) in [4.78, 5) is 28.0. The molecule has 5 nitrogen and oxygen atoms in total. The number of aryl methyl sites for hydroxylation is 1. The van der Waals surface area contributed by atoms with Gasteiger partial charge in [0.25, 0.3) is 0 Å². The second-order valence-corrected chi connectivity index (χ2v) is 3.56. The number of rotatable bonds is 3. The van der Waals surface area contributed by atoms with Crippen LogP contribution in [-0.4, -0.2) is 16.3 Å². The Morgan fingerprint density at radius 1 is 1.29 bits per heavy atom. The summed E-state index contributed by atoms with van der Waals surface area (Å²) in [6, 6.07) is 7.11. The van der Waals surface area contributed by atoms with Crippen molar-refractivity contribution < 1.29 is 4.79 Å². The van der Waals surface area contributed by atoms with Crippen molar-refractivity contribution in [2.45, 2.75) is 6.92 Å². The number of nitrogens with zero attached hydrogens (tertiary/aromatic N) is 1. The van der Waals surface area contributed by atoms with Crippen LogP contribution in [0.2, 0.25) is 0 Å². The maximum atomic E-state index is 11.0. The maximum absolute atomic E-state index is 11.0. The number of hydrogen-bond donors (Lipinski definition) is 2. The molecule has 0 aliphatic heterocycles. The van der Waals surface area contributed by atoms with E-state index >= 15 is 0 Å². The molecule has 0 unspecified atom stereocenters. The highest BCUT2D eigenvalue weighted by Gasteiger charge is 2.03. The van der Waals surface area contributed by atoms with Crippen LogP contribution in [0.4, 0.5) is 11.4 Å². The molecule has 0 radical (unpaired) electrons. The molecular formula is C12H11N3O2. The number of para-hydroxylation sites is 1. The first kappa shape index (κ1) is 11.1. The summed E-state index contributed by atoms with van der Waals surface area (Å²) < 4.78 is 0. The Balaban J connectivity index is 2.37. The monoisotopic (exact) mass is 229 g/mol. The van der Waals surface area contributed by atoms with Crippen molar-refractivity contribution in [2.24, 2.45) is 0 Å². The average molecular weight is 229 g/mol. The normalized spacial score (nSPS) is 9.94. The molecule has 0 aliphatic rings. The van der Waals surface area contributed by atoms with E-state index in [-0.39, 0.29) is 0 Å². The van der Waals surface area contributed by atoms with Crippen LogP contribution >= 0.6 is 0 Å². The van der Waals surface area contributed by atoms with Crippen LogP contribution in [0.15, 0.2) is 35.3 Å². The third-order valence-corrected chi connectivity index (χ3v) is 2.37. The van der Waals surface area contributed by atoms with E-state index in [0.29, 0.717) is 22.6 Å². The smallest absolute Gasteiger partial charge is 0.345 e. The molecule has 1 heterocycles. The number of aldehydes is 1. The van der Waals surface area contributed by atoms with Crippen LogP contribution in [0.25, 0.3) is 0 Å². The van der Waals surface area contributed by atoms with Crippen LogP contribution in [0.3, 0.4) is 0 Å². The van der Waals surface area contributed by atoms with E-state index in [1.165, 1.54) is 6.20 Å². The number of aromatic nitrogens is 2. The van der Waals surface area contributed by atoms with Crippen LogP contribution in [0.1, 0.15) is 16.1 Å². The summed E-state index contributed by atoms with van der Waals surface area (Å²) in [6.07, 6.45) is 2.21. The molecule has 17 heavy (non-hydrogen) atoms. The van der Waals surface area contributed by atoms with Gasteiger partial charge < -0.3 is 10.3 Å². The number of aromatic amines is 1. The number of hydrogen-bond acceptors (Lipinski definition) is 4. The van der Waals surface area contributed by atoms with Gasteiger partial charge in [-0.1, -0.05) is 12.1 Å². The molecule has 0 aliphatic carbocycles. The van der Waals surface area contributed by atoms with Crippen molar-refractivity contribution in [3.05, 3.63) is 52.2 Å². The van der Waals surface area contributed by atoms with Crippen LogP contribution in [0.5, 0.6) is 0 Å². The molecule has 0 saturated carbocycles. The van der Waals surface area contributed by atoms with Gasteiger partial charge in [0.2, 0.25) is 0 Å². The van der Waals surface area contributed by atoms with Gasteiger partial charge in [-0.05, 0) is 19.1 Å². The van der Waals surface area contributed by atoms with Crippen molar-refractivity contribution in [1.82, 2.24) is 9.97 Å². The Kier molecular flexibility index (Phi) is 3.00. The third-order valence-electron chi connectivity index (χ3n) is 2.37. The van der Waals surface area contributed by atoms with Gasteiger partial charge in [-0.2, -0.15) is 4.98 Å². The highest BCUT2D eigenvalue weighted by atomic mass is 16.1. The van der Waals surface area contributed by atoms with Crippen molar-refractivity contribution in [2.75, 3.05) is 5.32 Å². The number of nitrogens with one attached hydrogen (secondary N) is 2. The fourth-order valence-corrected chi connectivity index (χ4v) is 1.46. The van der Waals surface area contributed by atoms with Gasteiger partial charge in [-0.25, -0.2) is 4.79 Å². The van der Waals surface area contributed by atoms with Gasteiger partial charge in [0.15, 0.2) is 6.29 Å². The number of carbonyl (C=O) groups excluding carboxylic acids is 1. The zero-order valence-electron chi connectivity index (χ0n) is 9.23. The lowest BCUT2D eigenvalue weighted by molar-refractivity contribution is 0.112. The molecule has 0 atom stereocenters. The Hall–Kier alpha value is -2.43. The standard InChI is InChI=1S/C12H11N3O2/c1-8-11(6-13-12(17)14-8)15-10-5-3-2-4-9(10)7-16/h2-7,15H,1H3,(H,13,14,17). The maximum Gasteiger partial charge on any atom is 0.345 e. The molecule has 0 amide bonds. The molecule has 0 bridgehead atoms. The van der Waals surface area contributed by atoms with Gasteiger partial charge >= 0.3 is 5.69 Å². The van der Waals surface area contributed by atoms with E-state index in [9.17, 15) is 9.59 Å². The number of anilines is 2. The molecule has 2 rings (SSSR count). The minimum absolute atomic E-state index is 0.392. The van der Waals surface area contributed by atoms with Crippen molar-refractivity contribution in [3.8, 4) is 0 Å². The summed E-state index contributed by atoms with van der Waals surface area (Å²) >= 11 is 0. The highest BCUT2D eigenvalue weighted by molar-refractivity contribution is 5.85. The van der Waals surface area contributed by atoms with Crippen molar-refractivity contribution >= 4 is 17.7 Å². The molecular weight excluding hydrogens is 218 g/mol. The number of H-pyrrole nitrogens is 1. The fourth-order valence-electron chi connectivity index (χ4n) is 1.46. The summed E-state index contributed by atoms with van der Waals surface area (Å²) in [5.41, 5.74) is 2.18. The van der Waals surface area contributed by atoms with E-state index in [2.05, 4.69) is 15.3 Å². The minimum atomic E-state index is -0.392. The van der Waals surface area contributed by atoms with Gasteiger partial charge in [0.1, 0.15) is 0 Å². The lowest BCUT2D eigenvalue weighted by atomic mass is 10.2. The molecule has 0 spiro atoms. The highest BCUT2D eigenvalue weighted by Crippen LogP contribution is 2.19. The molecule has 86 valence electrons. The van der Waals surface area contributed by atoms with Gasteiger partial charge in [0.05, 0.1) is 11.9 Å².